The van der Waals surface area contributed by atoms with Gasteiger partial charge in [0.1, 0.15) is 23.6 Å². The number of hydrogen-bond acceptors (Lipinski definition) is 20. The molecule has 27 heteroatoms. The van der Waals surface area contributed by atoms with Gasteiger partial charge in [0.25, 0.3) is 27.9 Å². The van der Waals surface area contributed by atoms with Crippen molar-refractivity contribution < 1.29 is 48.8 Å². The largest absolute Gasteiger partial charge is 0.387 e. The summed E-state index contributed by atoms with van der Waals surface area (Å²) >= 11 is 4.14. The molecule has 3 saturated carbocycles. The van der Waals surface area contributed by atoms with Crippen molar-refractivity contribution in [1.29, 1.82) is 0 Å². The van der Waals surface area contributed by atoms with Gasteiger partial charge in [-0.05, 0) is 80.1 Å². The van der Waals surface area contributed by atoms with Crippen LogP contribution in [0.25, 0.3) is 32.5 Å². The van der Waals surface area contributed by atoms with Crippen molar-refractivity contribution in [2.75, 3.05) is 29.3 Å². The van der Waals surface area contributed by atoms with Crippen LogP contribution in [0.2, 0.25) is 0 Å². The molecule has 0 saturated heterocycles. The number of hydrogen-bond donors (Lipinski definition) is 4. The number of aliphatic hydroxyl groups is 1. The molecule has 0 spiro atoms. The summed E-state index contributed by atoms with van der Waals surface area (Å²) in [6, 6.07) is 1.76. The van der Waals surface area contributed by atoms with E-state index < -0.39 is 58.2 Å². The average molecular weight is 1160 g/mol. The number of anilines is 3. The molecule has 3 aliphatic carbocycles. The Morgan fingerprint density at radius 2 is 0.870 bits per heavy atom. The van der Waals surface area contributed by atoms with E-state index in [0.29, 0.717) is 94.6 Å². The van der Waals surface area contributed by atoms with Gasteiger partial charge >= 0.3 is 0 Å². The summed E-state index contributed by atoms with van der Waals surface area (Å²) in [6.45, 7) is 10.5. The molecule has 4 N–H and O–H groups in total. The molecule has 6 aromatic rings. The molecule has 17 nitrogen and oxygen atoms in total. The van der Waals surface area contributed by atoms with Crippen LogP contribution in [0, 0.1) is 20.8 Å². The molecule has 9 rings (SSSR count). The Bertz CT molecular complexity index is 3040. The minimum absolute atomic E-state index is 0.0877. The lowest BCUT2D eigenvalue weighted by atomic mass is 9.91. The third kappa shape index (κ3) is 16.5. The van der Waals surface area contributed by atoms with E-state index in [1.807, 2.05) is 43.8 Å². The van der Waals surface area contributed by atoms with E-state index in [-0.39, 0.29) is 42.7 Å². The molecule has 0 aromatic carbocycles. The molecule has 3 aliphatic rings. The van der Waals surface area contributed by atoms with Gasteiger partial charge in [-0.15, -0.1) is 34.0 Å². The van der Waals surface area contributed by atoms with E-state index in [1.165, 1.54) is 53.1 Å². The van der Waals surface area contributed by atoms with E-state index >= 15 is 0 Å². The molecule has 0 radical (unpaired) electrons. The zero-order valence-electron chi connectivity index (χ0n) is 43.9. The van der Waals surface area contributed by atoms with Crippen LogP contribution in [0.15, 0.2) is 34.3 Å². The molecule has 0 amide bonds. The van der Waals surface area contributed by atoms with Crippen LogP contribution in [0.4, 0.5) is 43.8 Å². The summed E-state index contributed by atoms with van der Waals surface area (Å²) in [4.78, 5) is 39.3. The molecule has 77 heavy (non-hydrogen) atoms. The Hall–Kier alpha value is -5.06. The smallest absolute Gasteiger partial charge is 0.267 e. The lowest BCUT2D eigenvalue weighted by Crippen LogP contribution is -2.42. The third-order valence-electron chi connectivity index (χ3n) is 12.9. The maximum atomic E-state index is 14.2. The highest BCUT2D eigenvalue weighted by Crippen LogP contribution is 2.39. The molecular weight excluding hydrogens is 1090 g/mol. The SMILES string of the molecule is COC(C)c1cc(NC2CCCCC2(F)F)nc(-c2nc(C)cs2)n1.Cc1csc(-c2nc(NC3CCCCC3(F)F)cc(C(C)O)n2)n1.Cc1csc(-c2nc(NC3CCCCC3(F)F)cc(C(C)OS(C)(=O)=O)n2)n1. The number of methoxy groups -OCH3 is 1. The highest BCUT2D eigenvalue weighted by Gasteiger charge is 2.44. The number of aliphatic hydroxyl groups excluding tert-OH is 1. The van der Waals surface area contributed by atoms with Gasteiger partial charge in [-0.1, -0.05) is 19.3 Å². The summed E-state index contributed by atoms with van der Waals surface area (Å²) < 4.78 is 118. The number of alkyl halides is 6. The fourth-order valence-electron chi connectivity index (χ4n) is 8.69. The second-order valence-corrected chi connectivity index (χ2v) is 23.7. The fraction of sp³-hybridized carbons (Fsp3) is 0.580. The van der Waals surface area contributed by atoms with Crippen LogP contribution in [0.5, 0.6) is 0 Å². The minimum Gasteiger partial charge on any atom is -0.387 e. The molecule has 3 fully saturated rings. The number of nitrogens with one attached hydrogen (secondary N) is 3. The van der Waals surface area contributed by atoms with Crippen LogP contribution in [0.3, 0.4) is 0 Å². The van der Waals surface area contributed by atoms with Crippen LogP contribution in [-0.4, -0.2) is 108 Å². The predicted octanol–water partition coefficient (Wildman–Crippen LogP) is 12.5. The van der Waals surface area contributed by atoms with Crippen molar-refractivity contribution in [2.45, 2.75) is 173 Å². The Morgan fingerprint density at radius 1 is 0.545 bits per heavy atom. The first-order chi connectivity index (χ1) is 36.3. The van der Waals surface area contributed by atoms with Gasteiger partial charge in [0.15, 0.2) is 32.5 Å². The van der Waals surface area contributed by atoms with Crippen molar-refractivity contribution >= 4 is 61.6 Å². The van der Waals surface area contributed by atoms with Gasteiger partial charge in [0, 0.05) is 77.8 Å². The number of aryl methyl sites for hydroxylation is 3. The van der Waals surface area contributed by atoms with Gasteiger partial charge in [-0.25, -0.2) is 71.2 Å². The maximum absolute atomic E-state index is 14.2. The first-order valence-electron chi connectivity index (χ1n) is 25.2. The molecular formula is C50H64F6N12O5S4. The lowest BCUT2D eigenvalue weighted by Gasteiger charge is -2.32. The van der Waals surface area contributed by atoms with Gasteiger partial charge in [0.2, 0.25) is 0 Å². The number of ether oxygens (including phenoxy) is 1. The molecule has 6 unspecified atom stereocenters. The third-order valence-corrected chi connectivity index (χ3v) is 16.4. The van der Waals surface area contributed by atoms with Crippen LogP contribution < -0.4 is 16.0 Å². The first kappa shape index (κ1) is 59.6. The maximum Gasteiger partial charge on any atom is 0.267 e. The summed E-state index contributed by atoms with van der Waals surface area (Å²) in [5.74, 6) is -6.42. The molecule has 420 valence electrons. The van der Waals surface area contributed by atoms with Crippen LogP contribution in [-0.2, 0) is 19.0 Å². The van der Waals surface area contributed by atoms with Gasteiger partial charge in [0.05, 0.1) is 53.7 Å². The summed E-state index contributed by atoms with van der Waals surface area (Å²) in [7, 11) is -2.13. The number of aromatic nitrogens is 9. The van der Waals surface area contributed by atoms with Crippen LogP contribution in [0.1, 0.15) is 150 Å². The quantitative estimate of drug-likeness (QED) is 0.0554. The number of thiazole rings is 3. The number of rotatable bonds is 15. The van der Waals surface area contributed by atoms with E-state index in [4.69, 9.17) is 8.92 Å². The molecule has 6 heterocycles. The summed E-state index contributed by atoms with van der Waals surface area (Å²) in [5, 5.41) is 25.8. The second-order valence-electron chi connectivity index (χ2n) is 19.5. The van der Waals surface area contributed by atoms with Crippen molar-refractivity contribution in [3.8, 4) is 32.5 Å². The lowest BCUT2D eigenvalue weighted by molar-refractivity contribution is -0.0454. The monoisotopic (exact) mass is 1150 g/mol. The Morgan fingerprint density at radius 3 is 1.16 bits per heavy atom. The highest BCUT2D eigenvalue weighted by atomic mass is 32.2. The van der Waals surface area contributed by atoms with E-state index in [0.717, 1.165) is 36.2 Å². The van der Waals surface area contributed by atoms with Crippen molar-refractivity contribution in [2.24, 2.45) is 0 Å². The summed E-state index contributed by atoms with van der Waals surface area (Å²) in [6.07, 6.45) is 3.58. The van der Waals surface area contributed by atoms with Gasteiger partial charge < -0.3 is 25.8 Å². The minimum atomic E-state index is -3.72. The Kier molecular flexibility index (Phi) is 19.6. The zero-order valence-corrected chi connectivity index (χ0v) is 47.2. The standard InChI is InChI=1S/C17H22F2N4O3S2.C17H22F2N4OS.C16H20F2N4OS/c1-10-9-27-16(20-10)15-21-12(11(2)26-28(3,24)25)8-14(23-15)22-13-6-4-5-7-17(13,18)19;1-10-9-25-16(20-10)15-21-12(11(2)24-3)8-14(23-15)22-13-6-4-5-7-17(13,18)19;1-9-8-24-15(19-9)14-20-11(10(2)23)7-13(22-14)21-12-5-3-4-6-16(12,17)18/h8-9,11,13H,4-7H2,1-3H3,(H,21,22,23);8-9,11,13H,4-7H2,1-3H3,(H,21,22,23);7-8,10,12,23H,3-6H2,1-2H3,(H,20,21,22). The van der Waals surface area contributed by atoms with Crippen molar-refractivity contribution in [1.82, 2.24) is 44.9 Å². The van der Waals surface area contributed by atoms with Gasteiger partial charge in [-0.3, -0.25) is 4.18 Å². The van der Waals surface area contributed by atoms with E-state index in [1.54, 1.807) is 20.1 Å². The van der Waals surface area contributed by atoms with Crippen molar-refractivity contribution in [3.63, 3.8) is 0 Å². The molecule has 0 aliphatic heterocycles. The fourth-order valence-corrected chi connectivity index (χ4v) is 11.5. The van der Waals surface area contributed by atoms with E-state index in [2.05, 4.69) is 60.8 Å². The highest BCUT2D eigenvalue weighted by molar-refractivity contribution is 7.86. The molecule has 0 bridgehead atoms. The first-order valence-corrected chi connectivity index (χ1v) is 29.7. The predicted molar refractivity (Wildman–Crippen MR) is 287 cm³/mol. The topological polar surface area (TPSA) is 225 Å². The zero-order chi connectivity index (χ0) is 55.9. The van der Waals surface area contributed by atoms with E-state index in [9.17, 15) is 39.9 Å². The number of nitrogens with zero attached hydrogens (tertiary/aromatic N) is 9. The second kappa shape index (κ2) is 25.4. The average Bonchev–Trinajstić information content (AvgIpc) is 4.14. The molecule has 6 aromatic heterocycles. The molecule has 6 atom stereocenters. The normalized spacial score (nSPS) is 21.1. The van der Waals surface area contributed by atoms with Crippen LogP contribution >= 0.6 is 34.0 Å². The number of halogens is 6. The summed E-state index contributed by atoms with van der Waals surface area (Å²) in [5.41, 5.74) is 3.79. The Balaban J connectivity index is 0.000000168. The van der Waals surface area contributed by atoms with Gasteiger partial charge in [-0.2, -0.15) is 8.42 Å². The van der Waals surface area contributed by atoms with Crippen molar-refractivity contribution in [3.05, 3.63) is 68.5 Å². The Labute approximate surface area is 456 Å².